The van der Waals surface area contributed by atoms with Crippen molar-refractivity contribution in [2.75, 3.05) is 5.06 Å². The third-order valence-corrected chi connectivity index (χ3v) is 3.74. The Morgan fingerprint density at radius 3 is 2.80 bits per heavy atom. The molecule has 2 atom stereocenters. The van der Waals surface area contributed by atoms with Crippen LogP contribution in [0.15, 0.2) is 30.3 Å². The highest BCUT2D eigenvalue weighted by Gasteiger charge is 2.59. The molecule has 0 unspecified atom stereocenters. The monoisotopic (exact) mass is 203 g/mol. The molecule has 0 N–H and O–H groups in total. The predicted octanol–water partition coefficient (Wildman–Crippen LogP) is 3.34. The lowest BCUT2D eigenvalue weighted by molar-refractivity contribution is 0.171. The SMILES string of the molecule is C[C@@H]1CCCC[C@@]12ON2c1ccccc1. The highest BCUT2D eigenvalue weighted by molar-refractivity contribution is 5.50. The summed E-state index contributed by atoms with van der Waals surface area (Å²) >= 11 is 0. The first-order valence-electron chi connectivity index (χ1n) is 5.87. The van der Waals surface area contributed by atoms with Crippen molar-refractivity contribution in [1.29, 1.82) is 0 Å². The lowest BCUT2D eigenvalue weighted by Gasteiger charge is -2.24. The fraction of sp³-hybridized carbons (Fsp3) is 0.538. The minimum Gasteiger partial charge on any atom is -0.240 e. The fourth-order valence-electron chi connectivity index (χ4n) is 2.71. The van der Waals surface area contributed by atoms with Crippen LogP contribution in [0.3, 0.4) is 0 Å². The zero-order valence-corrected chi connectivity index (χ0v) is 9.15. The molecule has 1 aliphatic heterocycles. The number of benzene rings is 1. The van der Waals surface area contributed by atoms with E-state index in [0.29, 0.717) is 5.92 Å². The second kappa shape index (κ2) is 3.24. The third kappa shape index (κ3) is 1.36. The molecule has 0 amide bonds. The standard InChI is InChI=1S/C13H17NO/c1-11-7-5-6-10-13(11)14(15-13)12-8-3-2-4-9-12/h2-4,8-9,11H,5-7,10H2,1H3/t11-,13-,14?/m1/s1. The van der Waals surface area contributed by atoms with Gasteiger partial charge in [0, 0.05) is 12.3 Å². The molecule has 2 aliphatic rings. The first-order chi connectivity index (χ1) is 7.33. The Kier molecular flexibility index (Phi) is 1.99. The van der Waals surface area contributed by atoms with Gasteiger partial charge in [-0.05, 0) is 25.0 Å². The van der Waals surface area contributed by atoms with Crippen LogP contribution >= 0.6 is 0 Å². The molecule has 3 rings (SSSR count). The summed E-state index contributed by atoms with van der Waals surface area (Å²) in [6, 6.07) is 10.4. The van der Waals surface area contributed by atoms with E-state index in [-0.39, 0.29) is 5.72 Å². The fourth-order valence-corrected chi connectivity index (χ4v) is 2.71. The molecule has 1 heterocycles. The molecule has 0 aromatic heterocycles. The lowest BCUT2D eigenvalue weighted by Crippen LogP contribution is -2.30. The van der Waals surface area contributed by atoms with Crippen molar-refractivity contribution in [2.24, 2.45) is 5.92 Å². The van der Waals surface area contributed by atoms with Gasteiger partial charge in [-0.15, -0.1) is 0 Å². The van der Waals surface area contributed by atoms with E-state index in [2.05, 4.69) is 36.3 Å². The summed E-state index contributed by atoms with van der Waals surface area (Å²) in [5.74, 6) is 0.659. The predicted molar refractivity (Wildman–Crippen MR) is 60.4 cm³/mol. The molecule has 2 nitrogen and oxygen atoms in total. The van der Waals surface area contributed by atoms with Crippen molar-refractivity contribution < 1.29 is 4.84 Å². The number of hydrogen-bond donors (Lipinski definition) is 0. The third-order valence-electron chi connectivity index (χ3n) is 3.74. The first kappa shape index (κ1) is 9.22. The normalized spacial score (nSPS) is 34.5. The minimum absolute atomic E-state index is 0.0413. The van der Waals surface area contributed by atoms with Gasteiger partial charge in [-0.25, -0.2) is 9.90 Å². The van der Waals surface area contributed by atoms with Crippen LogP contribution in [0.5, 0.6) is 0 Å². The average Bonchev–Trinajstić information content (AvgIpc) is 3.00. The van der Waals surface area contributed by atoms with E-state index in [0.717, 1.165) is 0 Å². The van der Waals surface area contributed by atoms with E-state index < -0.39 is 0 Å². The van der Waals surface area contributed by atoms with Gasteiger partial charge >= 0.3 is 0 Å². The Morgan fingerprint density at radius 2 is 2.07 bits per heavy atom. The van der Waals surface area contributed by atoms with Gasteiger partial charge in [0.2, 0.25) is 0 Å². The molecule has 15 heavy (non-hydrogen) atoms. The van der Waals surface area contributed by atoms with E-state index in [1.54, 1.807) is 0 Å². The first-order valence-corrected chi connectivity index (χ1v) is 5.87. The molecule has 0 bridgehead atoms. The summed E-state index contributed by atoms with van der Waals surface area (Å²) in [4.78, 5) is 5.88. The molecular weight excluding hydrogens is 186 g/mol. The second-order valence-corrected chi connectivity index (χ2v) is 4.71. The van der Waals surface area contributed by atoms with E-state index >= 15 is 0 Å². The van der Waals surface area contributed by atoms with Gasteiger partial charge in [0.05, 0.1) is 5.69 Å². The Bertz CT molecular complexity index is 351. The molecule has 2 fully saturated rings. The van der Waals surface area contributed by atoms with Gasteiger partial charge in [-0.1, -0.05) is 31.5 Å². The quantitative estimate of drug-likeness (QED) is 0.650. The number of nitrogens with zero attached hydrogens (tertiary/aromatic N) is 1. The van der Waals surface area contributed by atoms with Crippen LogP contribution in [0.2, 0.25) is 0 Å². The zero-order chi connectivity index (χ0) is 10.3. The molecular formula is C13H17NO. The van der Waals surface area contributed by atoms with Crippen molar-refractivity contribution in [3.05, 3.63) is 30.3 Å². The van der Waals surface area contributed by atoms with E-state index in [4.69, 9.17) is 4.84 Å². The van der Waals surface area contributed by atoms with E-state index in [9.17, 15) is 0 Å². The van der Waals surface area contributed by atoms with Crippen LogP contribution in [-0.4, -0.2) is 5.72 Å². The van der Waals surface area contributed by atoms with Crippen LogP contribution in [0.4, 0.5) is 5.69 Å². The van der Waals surface area contributed by atoms with Crippen LogP contribution < -0.4 is 5.06 Å². The van der Waals surface area contributed by atoms with Crippen molar-refractivity contribution in [3.63, 3.8) is 0 Å². The van der Waals surface area contributed by atoms with Crippen molar-refractivity contribution in [3.8, 4) is 0 Å². The second-order valence-electron chi connectivity index (χ2n) is 4.71. The van der Waals surface area contributed by atoms with Crippen LogP contribution in [0.1, 0.15) is 32.6 Å². The Labute approximate surface area is 90.8 Å². The molecule has 1 aliphatic carbocycles. The lowest BCUT2D eigenvalue weighted by atomic mass is 9.84. The minimum atomic E-state index is 0.0413. The average molecular weight is 203 g/mol. The molecule has 0 radical (unpaired) electrons. The van der Waals surface area contributed by atoms with E-state index in [1.165, 1.54) is 31.4 Å². The summed E-state index contributed by atoms with van der Waals surface area (Å²) < 4.78 is 0. The van der Waals surface area contributed by atoms with Gasteiger partial charge in [-0.3, -0.25) is 0 Å². The summed E-state index contributed by atoms with van der Waals surface area (Å²) in [7, 11) is 0. The summed E-state index contributed by atoms with van der Waals surface area (Å²) in [5, 5.41) is 2.11. The maximum atomic E-state index is 5.88. The number of rotatable bonds is 1. The van der Waals surface area contributed by atoms with Gasteiger partial charge in [0.25, 0.3) is 0 Å². The van der Waals surface area contributed by atoms with Gasteiger partial charge in [0.1, 0.15) is 0 Å². The van der Waals surface area contributed by atoms with Crippen LogP contribution in [-0.2, 0) is 4.84 Å². The summed E-state index contributed by atoms with van der Waals surface area (Å²) in [6.45, 7) is 2.31. The van der Waals surface area contributed by atoms with Crippen LogP contribution in [0, 0.1) is 5.92 Å². The molecule has 1 aromatic rings. The smallest absolute Gasteiger partial charge is 0.194 e. The topological polar surface area (TPSA) is 15.5 Å². The number of para-hydroxylation sites is 1. The Balaban J connectivity index is 1.82. The van der Waals surface area contributed by atoms with Gasteiger partial charge < -0.3 is 0 Å². The number of anilines is 1. The van der Waals surface area contributed by atoms with Crippen molar-refractivity contribution >= 4 is 5.69 Å². The number of hydroxylamine groups is 1. The molecule has 1 spiro atoms. The van der Waals surface area contributed by atoms with Crippen molar-refractivity contribution in [1.82, 2.24) is 0 Å². The summed E-state index contributed by atoms with van der Waals surface area (Å²) in [6.07, 6.45) is 5.13. The van der Waals surface area contributed by atoms with Gasteiger partial charge in [-0.2, -0.15) is 0 Å². The molecule has 1 saturated heterocycles. The molecule has 80 valence electrons. The molecule has 2 heteroatoms. The molecule has 1 aromatic carbocycles. The van der Waals surface area contributed by atoms with E-state index in [1.807, 2.05) is 6.07 Å². The summed E-state index contributed by atoms with van der Waals surface area (Å²) in [5.41, 5.74) is 1.24. The highest BCUT2D eigenvalue weighted by Crippen LogP contribution is 2.52. The maximum Gasteiger partial charge on any atom is 0.194 e. The zero-order valence-electron chi connectivity index (χ0n) is 9.15. The Morgan fingerprint density at radius 1 is 1.27 bits per heavy atom. The Hall–Kier alpha value is -1.02. The largest absolute Gasteiger partial charge is 0.240 e. The van der Waals surface area contributed by atoms with Crippen LogP contribution in [0.25, 0.3) is 0 Å². The molecule has 1 saturated carbocycles. The maximum absolute atomic E-state index is 5.88. The number of hydrogen-bond acceptors (Lipinski definition) is 2. The van der Waals surface area contributed by atoms with Gasteiger partial charge in [0.15, 0.2) is 5.72 Å². The highest BCUT2D eigenvalue weighted by atomic mass is 16.9. The van der Waals surface area contributed by atoms with Crippen molar-refractivity contribution in [2.45, 2.75) is 38.3 Å².